The highest BCUT2D eigenvalue weighted by Crippen LogP contribution is 2.24. The molecule has 0 spiro atoms. The van der Waals surface area contributed by atoms with Gasteiger partial charge in [-0.1, -0.05) is 6.07 Å². The zero-order chi connectivity index (χ0) is 14.9. The maximum atomic E-state index is 11.9. The van der Waals surface area contributed by atoms with Crippen LogP contribution in [0.25, 0.3) is 0 Å². The van der Waals surface area contributed by atoms with E-state index in [0.29, 0.717) is 18.4 Å². The molecule has 6 heteroatoms. The number of carbonyl (C=O) groups excluding carboxylic acids is 1. The van der Waals surface area contributed by atoms with Crippen LogP contribution in [-0.4, -0.2) is 32.8 Å². The summed E-state index contributed by atoms with van der Waals surface area (Å²) in [5.74, 6) is -0.376. The predicted molar refractivity (Wildman–Crippen MR) is 76.2 cm³/mol. The quantitative estimate of drug-likeness (QED) is 0.849. The third kappa shape index (κ3) is 3.02. The van der Waals surface area contributed by atoms with E-state index in [2.05, 4.69) is 9.46 Å². The predicted octanol–water partition coefficient (Wildman–Crippen LogP) is 1.27. The fraction of sp³-hybridized carbons (Fsp3) is 0.500. The number of hydrogen-bond donors (Lipinski definition) is 1. The van der Waals surface area contributed by atoms with Gasteiger partial charge in [-0.25, -0.2) is 17.9 Å². The van der Waals surface area contributed by atoms with Gasteiger partial charge in [0.15, 0.2) is 0 Å². The van der Waals surface area contributed by atoms with E-state index < -0.39 is 15.3 Å². The Kier molecular flexibility index (Phi) is 4.15. The van der Waals surface area contributed by atoms with Gasteiger partial charge in [-0.15, -0.1) is 0 Å². The van der Waals surface area contributed by atoms with Crippen molar-refractivity contribution in [3.05, 3.63) is 34.9 Å². The van der Waals surface area contributed by atoms with Crippen LogP contribution in [0.1, 0.15) is 35.3 Å². The molecule has 5 nitrogen and oxygen atoms in total. The summed E-state index contributed by atoms with van der Waals surface area (Å²) in [5.41, 5.74) is 2.58. The van der Waals surface area contributed by atoms with Crippen LogP contribution < -0.4 is 4.72 Å². The highest BCUT2D eigenvalue weighted by molar-refractivity contribution is 7.90. The van der Waals surface area contributed by atoms with Crippen molar-refractivity contribution in [2.75, 3.05) is 7.11 Å². The molecule has 0 heterocycles. The molecule has 0 fully saturated rings. The van der Waals surface area contributed by atoms with Gasteiger partial charge < -0.3 is 4.74 Å². The molecule has 0 aromatic heterocycles. The van der Waals surface area contributed by atoms with Crippen LogP contribution in [0.3, 0.4) is 0 Å². The minimum Gasteiger partial charge on any atom is -0.465 e. The lowest BCUT2D eigenvalue weighted by Crippen LogP contribution is -2.39. The topological polar surface area (TPSA) is 72.5 Å². The molecule has 2 rings (SSSR count). The van der Waals surface area contributed by atoms with E-state index in [-0.39, 0.29) is 12.0 Å². The van der Waals surface area contributed by atoms with E-state index in [1.165, 1.54) is 7.11 Å². The third-order valence-corrected chi connectivity index (χ3v) is 5.41. The van der Waals surface area contributed by atoms with Crippen molar-refractivity contribution in [1.82, 2.24) is 4.72 Å². The van der Waals surface area contributed by atoms with E-state index in [1.807, 2.05) is 6.07 Å². The van der Waals surface area contributed by atoms with E-state index in [4.69, 9.17) is 0 Å². The summed E-state index contributed by atoms with van der Waals surface area (Å²) in [5, 5.41) is -0.447. The summed E-state index contributed by atoms with van der Waals surface area (Å²) in [6.07, 6.45) is 1.26. The van der Waals surface area contributed by atoms with Gasteiger partial charge in [0.1, 0.15) is 0 Å². The van der Waals surface area contributed by atoms with Gasteiger partial charge in [0.05, 0.1) is 17.9 Å². The molecule has 20 heavy (non-hydrogen) atoms. The van der Waals surface area contributed by atoms with Crippen LogP contribution in [0.5, 0.6) is 0 Å². The van der Waals surface area contributed by atoms with Crippen LogP contribution in [-0.2, 0) is 27.6 Å². The number of benzene rings is 1. The van der Waals surface area contributed by atoms with E-state index in [0.717, 1.165) is 11.1 Å². The van der Waals surface area contributed by atoms with Crippen molar-refractivity contribution in [3.63, 3.8) is 0 Å². The minimum absolute atomic E-state index is 0.134. The van der Waals surface area contributed by atoms with Gasteiger partial charge in [0.25, 0.3) is 0 Å². The smallest absolute Gasteiger partial charge is 0.337 e. The number of rotatable bonds is 4. The molecule has 0 radical (unpaired) electrons. The van der Waals surface area contributed by atoms with Crippen LogP contribution in [0.4, 0.5) is 0 Å². The number of sulfonamides is 1. The number of nitrogens with one attached hydrogen (secondary N) is 1. The first-order valence-corrected chi connectivity index (χ1v) is 8.09. The summed E-state index contributed by atoms with van der Waals surface area (Å²) in [7, 11) is -1.93. The number of fused-ring (bicyclic) bond motifs is 1. The largest absolute Gasteiger partial charge is 0.465 e. The van der Waals surface area contributed by atoms with Gasteiger partial charge in [-0.2, -0.15) is 0 Å². The van der Waals surface area contributed by atoms with Gasteiger partial charge in [0.2, 0.25) is 10.0 Å². The fourth-order valence-electron chi connectivity index (χ4n) is 2.31. The van der Waals surface area contributed by atoms with Gasteiger partial charge in [-0.3, -0.25) is 0 Å². The normalized spacial score (nSPS) is 18.1. The second kappa shape index (κ2) is 5.54. The molecule has 1 aliphatic carbocycles. The van der Waals surface area contributed by atoms with Crippen molar-refractivity contribution in [2.45, 2.75) is 38.0 Å². The second-order valence-corrected chi connectivity index (χ2v) is 7.56. The molecule has 0 amide bonds. The van der Waals surface area contributed by atoms with Gasteiger partial charge >= 0.3 is 5.97 Å². The van der Waals surface area contributed by atoms with Crippen LogP contribution >= 0.6 is 0 Å². The first-order valence-electron chi connectivity index (χ1n) is 6.54. The van der Waals surface area contributed by atoms with E-state index >= 15 is 0 Å². The molecule has 1 atom stereocenters. The summed E-state index contributed by atoms with van der Waals surface area (Å²) >= 11 is 0. The van der Waals surface area contributed by atoms with Crippen LogP contribution in [0, 0.1) is 0 Å². The monoisotopic (exact) mass is 297 g/mol. The SMILES string of the molecule is COC(=O)c1ccc2c(c1)C[C@@H](NS(=O)(=O)C(C)C)C2. The number of ether oxygens (including phenoxy) is 1. The molecule has 1 aliphatic rings. The maximum absolute atomic E-state index is 11.9. The molecule has 0 unspecified atom stereocenters. The minimum atomic E-state index is -3.27. The molecule has 0 aliphatic heterocycles. The molecule has 0 saturated heterocycles. The molecule has 1 N–H and O–H groups in total. The van der Waals surface area contributed by atoms with Crippen molar-refractivity contribution >= 4 is 16.0 Å². The maximum Gasteiger partial charge on any atom is 0.337 e. The Bertz CT molecular complexity index is 622. The lowest BCUT2D eigenvalue weighted by atomic mass is 10.1. The summed E-state index contributed by atoms with van der Waals surface area (Å²) in [6, 6.07) is 5.23. The van der Waals surface area contributed by atoms with E-state index in [1.54, 1.807) is 26.0 Å². The Labute approximate surface area is 119 Å². The molecular weight excluding hydrogens is 278 g/mol. The van der Waals surface area contributed by atoms with Gasteiger partial charge in [0, 0.05) is 6.04 Å². The first kappa shape index (κ1) is 15.0. The van der Waals surface area contributed by atoms with Gasteiger partial charge in [-0.05, 0) is 49.9 Å². The number of methoxy groups -OCH3 is 1. The average Bonchev–Trinajstić information content (AvgIpc) is 2.77. The van der Waals surface area contributed by atoms with Crippen LogP contribution in [0.15, 0.2) is 18.2 Å². The van der Waals surface area contributed by atoms with Crippen molar-refractivity contribution < 1.29 is 17.9 Å². The standard InChI is InChI=1S/C14H19NO4S/c1-9(2)20(17,18)15-13-7-10-4-5-11(14(16)19-3)6-12(10)8-13/h4-6,9,13,15H,7-8H2,1-3H3/t13-/m0/s1. The molecule has 1 aromatic carbocycles. The van der Waals surface area contributed by atoms with Crippen LogP contribution in [0.2, 0.25) is 0 Å². The second-order valence-electron chi connectivity index (χ2n) is 5.29. The molecular formula is C14H19NO4S. The zero-order valence-electron chi connectivity index (χ0n) is 11.8. The number of carbonyl (C=O) groups is 1. The lowest BCUT2D eigenvalue weighted by molar-refractivity contribution is 0.0600. The summed E-state index contributed by atoms with van der Waals surface area (Å²) < 4.78 is 31.2. The third-order valence-electron chi connectivity index (χ3n) is 3.51. The number of esters is 1. The Morgan fingerprint density at radius 3 is 2.55 bits per heavy atom. The summed E-state index contributed by atoms with van der Waals surface area (Å²) in [6.45, 7) is 3.31. The Morgan fingerprint density at radius 1 is 1.30 bits per heavy atom. The Hall–Kier alpha value is -1.40. The Morgan fingerprint density at radius 2 is 1.95 bits per heavy atom. The molecule has 110 valence electrons. The highest BCUT2D eigenvalue weighted by atomic mass is 32.2. The van der Waals surface area contributed by atoms with Crippen molar-refractivity contribution in [3.8, 4) is 0 Å². The number of hydrogen-bond acceptors (Lipinski definition) is 4. The Balaban J connectivity index is 2.14. The molecule has 1 aromatic rings. The fourth-order valence-corrected chi connectivity index (χ4v) is 3.22. The molecule has 0 saturated carbocycles. The summed E-state index contributed by atoms with van der Waals surface area (Å²) in [4.78, 5) is 11.5. The first-order chi connectivity index (χ1) is 9.33. The average molecular weight is 297 g/mol. The lowest BCUT2D eigenvalue weighted by Gasteiger charge is -2.14. The van der Waals surface area contributed by atoms with Crippen molar-refractivity contribution in [2.24, 2.45) is 0 Å². The molecule has 0 bridgehead atoms. The highest BCUT2D eigenvalue weighted by Gasteiger charge is 2.27. The zero-order valence-corrected chi connectivity index (χ0v) is 12.7. The van der Waals surface area contributed by atoms with E-state index in [9.17, 15) is 13.2 Å². The van der Waals surface area contributed by atoms with Crippen molar-refractivity contribution in [1.29, 1.82) is 0 Å².